The number of aliphatic carboxylic acids is 1. The van der Waals surface area contributed by atoms with Crippen molar-refractivity contribution in [3.05, 3.63) is 0 Å². The zero-order valence-electron chi connectivity index (χ0n) is 11.0. The Bertz CT molecular complexity index is 326. The van der Waals surface area contributed by atoms with Crippen LogP contribution in [-0.2, 0) is 9.59 Å². The summed E-state index contributed by atoms with van der Waals surface area (Å²) in [4.78, 5) is 27.2. The van der Waals surface area contributed by atoms with Crippen LogP contribution in [0.1, 0.15) is 32.6 Å². The highest BCUT2D eigenvalue weighted by Gasteiger charge is 2.34. The number of rotatable bonds is 3. The summed E-state index contributed by atoms with van der Waals surface area (Å²) in [5.74, 6) is -0.877. The highest BCUT2D eigenvalue weighted by Crippen LogP contribution is 2.20. The van der Waals surface area contributed by atoms with E-state index in [1.807, 2.05) is 16.7 Å². The van der Waals surface area contributed by atoms with Gasteiger partial charge in [0.2, 0.25) is 5.91 Å². The monoisotopic (exact) mass is 254 g/mol. The van der Waals surface area contributed by atoms with E-state index in [0.717, 1.165) is 32.5 Å². The summed E-state index contributed by atoms with van der Waals surface area (Å²) in [6, 6.07) is -0.174. The first kappa shape index (κ1) is 13.3. The Balaban J connectivity index is 1.89. The van der Waals surface area contributed by atoms with Crippen LogP contribution in [0.15, 0.2) is 0 Å². The lowest BCUT2D eigenvalue weighted by atomic mass is 10.1. The SMILES string of the molecule is CC(C(=O)N1CCCCC1)N1CCC(C(=O)O)C1. The molecule has 1 N–H and O–H groups in total. The van der Waals surface area contributed by atoms with Crippen LogP contribution in [0.4, 0.5) is 0 Å². The Morgan fingerprint density at radius 3 is 2.39 bits per heavy atom. The van der Waals surface area contributed by atoms with Gasteiger partial charge in [0, 0.05) is 19.6 Å². The fraction of sp³-hybridized carbons (Fsp3) is 0.846. The van der Waals surface area contributed by atoms with Crippen molar-refractivity contribution >= 4 is 11.9 Å². The predicted molar refractivity (Wildman–Crippen MR) is 67.2 cm³/mol. The third-order valence-electron chi connectivity index (χ3n) is 4.14. The van der Waals surface area contributed by atoms with E-state index < -0.39 is 5.97 Å². The van der Waals surface area contributed by atoms with Gasteiger partial charge in [-0.25, -0.2) is 0 Å². The molecule has 2 aliphatic heterocycles. The lowest BCUT2D eigenvalue weighted by molar-refractivity contribution is -0.142. The number of likely N-dealkylation sites (tertiary alicyclic amines) is 2. The van der Waals surface area contributed by atoms with Gasteiger partial charge in [-0.05, 0) is 39.2 Å². The zero-order chi connectivity index (χ0) is 13.1. The summed E-state index contributed by atoms with van der Waals surface area (Å²) < 4.78 is 0. The topological polar surface area (TPSA) is 60.9 Å². The molecule has 18 heavy (non-hydrogen) atoms. The highest BCUT2D eigenvalue weighted by atomic mass is 16.4. The number of carbonyl (C=O) groups is 2. The van der Waals surface area contributed by atoms with Gasteiger partial charge in [-0.2, -0.15) is 0 Å². The molecule has 1 amide bonds. The van der Waals surface area contributed by atoms with Crippen molar-refractivity contribution in [1.29, 1.82) is 0 Å². The van der Waals surface area contributed by atoms with Crippen LogP contribution in [0.2, 0.25) is 0 Å². The molecule has 0 aromatic heterocycles. The molecular weight excluding hydrogens is 232 g/mol. The van der Waals surface area contributed by atoms with Crippen LogP contribution in [0.3, 0.4) is 0 Å². The molecule has 0 aromatic rings. The second-order valence-electron chi connectivity index (χ2n) is 5.38. The summed E-state index contributed by atoms with van der Waals surface area (Å²) >= 11 is 0. The average Bonchev–Trinajstić information content (AvgIpc) is 2.88. The Kier molecular flexibility index (Phi) is 4.22. The van der Waals surface area contributed by atoms with Crippen molar-refractivity contribution in [2.75, 3.05) is 26.2 Å². The standard InChI is InChI=1S/C13H22N2O3/c1-10(12(16)14-6-3-2-4-7-14)15-8-5-11(9-15)13(17)18/h10-11H,2-9H2,1H3,(H,17,18). The normalized spacial score (nSPS) is 27.2. The van der Waals surface area contributed by atoms with E-state index in [9.17, 15) is 9.59 Å². The summed E-state index contributed by atoms with van der Waals surface area (Å²) in [7, 11) is 0. The number of amides is 1. The summed E-state index contributed by atoms with van der Waals surface area (Å²) in [5, 5.41) is 8.98. The minimum atomic E-state index is -0.741. The largest absolute Gasteiger partial charge is 0.481 e. The maximum absolute atomic E-state index is 12.3. The van der Waals surface area contributed by atoms with Gasteiger partial charge in [-0.1, -0.05) is 0 Å². The van der Waals surface area contributed by atoms with Crippen molar-refractivity contribution in [3.8, 4) is 0 Å². The molecule has 0 aromatic carbocycles. The first-order chi connectivity index (χ1) is 8.59. The van der Waals surface area contributed by atoms with E-state index in [2.05, 4.69) is 0 Å². The minimum Gasteiger partial charge on any atom is -0.481 e. The Labute approximate surface area is 108 Å². The van der Waals surface area contributed by atoms with Gasteiger partial charge >= 0.3 is 5.97 Å². The van der Waals surface area contributed by atoms with E-state index in [-0.39, 0.29) is 17.9 Å². The molecule has 2 saturated heterocycles. The van der Waals surface area contributed by atoms with E-state index in [1.54, 1.807) is 0 Å². The van der Waals surface area contributed by atoms with E-state index in [4.69, 9.17) is 5.11 Å². The fourth-order valence-corrected chi connectivity index (χ4v) is 2.88. The van der Waals surface area contributed by atoms with Crippen LogP contribution < -0.4 is 0 Å². The van der Waals surface area contributed by atoms with E-state index >= 15 is 0 Å². The maximum Gasteiger partial charge on any atom is 0.307 e. The molecule has 0 spiro atoms. The van der Waals surface area contributed by atoms with Crippen LogP contribution in [0, 0.1) is 5.92 Å². The Morgan fingerprint density at radius 1 is 1.17 bits per heavy atom. The molecule has 0 bridgehead atoms. The molecule has 5 heteroatoms. The van der Waals surface area contributed by atoms with Gasteiger partial charge in [0.1, 0.15) is 0 Å². The van der Waals surface area contributed by atoms with Crippen molar-refractivity contribution in [2.45, 2.75) is 38.6 Å². The maximum atomic E-state index is 12.3. The zero-order valence-corrected chi connectivity index (χ0v) is 11.0. The number of piperidine rings is 1. The second-order valence-corrected chi connectivity index (χ2v) is 5.38. The van der Waals surface area contributed by atoms with Crippen LogP contribution in [-0.4, -0.2) is 59.0 Å². The molecule has 2 heterocycles. The number of carboxylic acids is 1. The Hall–Kier alpha value is -1.10. The van der Waals surface area contributed by atoms with E-state index in [1.165, 1.54) is 6.42 Å². The molecule has 2 fully saturated rings. The lowest BCUT2D eigenvalue weighted by Gasteiger charge is -2.32. The second kappa shape index (κ2) is 5.69. The molecule has 2 atom stereocenters. The number of hydrogen-bond donors (Lipinski definition) is 1. The van der Waals surface area contributed by atoms with Gasteiger partial charge in [0.05, 0.1) is 12.0 Å². The van der Waals surface area contributed by atoms with Crippen LogP contribution in [0.25, 0.3) is 0 Å². The molecule has 102 valence electrons. The van der Waals surface area contributed by atoms with Crippen LogP contribution in [0.5, 0.6) is 0 Å². The molecule has 5 nitrogen and oxygen atoms in total. The number of nitrogens with zero attached hydrogens (tertiary/aromatic N) is 2. The lowest BCUT2D eigenvalue weighted by Crippen LogP contribution is -2.48. The number of carbonyl (C=O) groups excluding carboxylic acids is 1. The van der Waals surface area contributed by atoms with Crippen molar-refractivity contribution in [3.63, 3.8) is 0 Å². The third-order valence-corrected chi connectivity index (χ3v) is 4.14. The first-order valence-electron chi connectivity index (χ1n) is 6.85. The molecule has 0 saturated carbocycles. The predicted octanol–water partition coefficient (Wildman–Crippen LogP) is 0.794. The Morgan fingerprint density at radius 2 is 1.83 bits per heavy atom. The molecule has 2 unspecified atom stereocenters. The van der Waals surface area contributed by atoms with Crippen LogP contribution >= 0.6 is 0 Å². The number of hydrogen-bond acceptors (Lipinski definition) is 3. The van der Waals surface area contributed by atoms with Gasteiger partial charge in [0.15, 0.2) is 0 Å². The van der Waals surface area contributed by atoms with Crippen molar-refractivity contribution < 1.29 is 14.7 Å². The molecule has 0 radical (unpaired) electrons. The van der Waals surface area contributed by atoms with Gasteiger partial charge < -0.3 is 10.0 Å². The smallest absolute Gasteiger partial charge is 0.307 e. The molecule has 0 aliphatic carbocycles. The minimum absolute atomic E-state index is 0.167. The molecule has 2 aliphatic rings. The molecule has 2 rings (SSSR count). The van der Waals surface area contributed by atoms with Gasteiger partial charge in [-0.15, -0.1) is 0 Å². The first-order valence-corrected chi connectivity index (χ1v) is 6.85. The van der Waals surface area contributed by atoms with E-state index in [0.29, 0.717) is 13.0 Å². The van der Waals surface area contributed by atoms with Gasteiger partial charge in [0.25, 0.3) is 0 Å². The highest BCUT2D eigenvalue weighted by molar-refractivity contribution is 5.81. The fourth-order valence-electron chi connectivity index (χ4n) is 2.88. The molecular formula is C13H22N2O3. The van der Waals surface area contributed by atoms with Crippen molar-refractivity contribution in [2.24, 2.45) is 5.92 Å². The van der Waals surface area contributed by atoms with Gasteiger partial charge in [-0.3, -0.25) is 14.5 Å². The third kappa shape index (κ3) is 2.83. The quantitative estimate of drug-likeness (QED) is 0.809. The summed E-state index contributed by atoms with van der Waals surface area (Å²) in [6.45, 7) is 4.85. The summed E-state index contributed by atoms with van der Waals surface area (Å²) in [5.41, 5.74) is 0. The average molecular weight is 254 g/mol. The number of carboxylic acid groups (broad SMARTS) is 1. The summed E-state index contributed by atoms with van der Waals surface area (Å²) in [6.07, 6.45) is 4.06. The van der Waals surface area contributed by atoms with Crippen molar-refractivity contribution in [1.82, 2.24) is 9.80 Å².